The number of halogens is 1. The number of ether oxygens (including phenoxy) is 2. The van der Waals surface area contributed by atoms with E-state index < -0.39 is 0 Å². The van der Waals surface area contributed by atoms with Crippen molar-refractivity contribution in [3.05, 3.63) is 51.3 Å². The summed E-state index contributed by atoms with van der Waals surface area (Å²) in [6, 6.07) is 10.1. The van der Waals surface area contributed by atoms with E-state index in [1.807, 2.05) is 32.0 Å². The van der Waals surface area contributed by atoms with Crippen LogP contribution in [-0.4, -0.2) is 23.2 Å². The third-order valence-electron chi connectivity index (χ3n) is 4.40. The number of H-pyrrole nitrogens is 1. The lowest BCUT2D eigenvalue weighted by atomic mass is 10.1. The number of hydrogen-bond acceptors (Lipinski definition) is 4. The van der Waals surface area contributed by atoms with Crippen molar-refractivity contribution in [1.82, 2.24) is 9.97 Å². The molecule has 144 valence electrons. The summed E-state index contributed by atoms with van der Waals surface area (Å²) < 4.78 is 12.2. The van der Waals surface area contributed by atoms with Crippen molar-refractivity contribution in [2.45, 2.75) is 27.7 Å². The van der Waals surface area contributed by atoms with Crippen molar-refractivity contribution in [1.29, 1.82) is 5.26 Å². The summed E-state index contributed by atoms with van der Waals surface area (Å²) in [4.78, 5) is 7.85. The first-order valence-electron chi connectivity index (χ1n) is 9.15. The third-order valence-corrected chi connectivity index (χ3v) is 4.99. The molecular formula is C22H22BrN3O2. The van der Waals surface area contributed by atoms with Crippen molar-refractivity contribution in [3.8, 4) is 17.6 Å². The maximum absolute atomic E-state index is 9.71. The van der Waals surface area contributed by atoms with Crippen molar-refractivity contribution in [3.63, 3.8) is 0 Å². The van der Waals surface area contributed by atoms with E-state index in [1.54, 1.807) is 6.08 Å². The molecule has 28 heavy (non-hydrogen) atoms. The number of allylic oxidation sites excluding steroid dienone is 1. The zero-order valence-corrected chi connectivity index (χ0v) is 18.0. The fraction of sp³-hybridized carbons (Fsp3) is 0.273. The quantitative estimate of drug-likeness (QED) is 0.492. The van der Waals surface area contributed by atoms with Gasteiger partial charge < -0.3 is 14.5 Å². The molecule has 0 amide bonds. The van der Waals surface area contributed by atoms with Crippen LogP contribution in [0.25, 0.3) is 22.7 Å². The Morgan fingerprint density at radius 2 is 1.86 bits per heavy atom. The molecule has 0 bridgehead atoms. The van der Waals surface area contributed by atoms with Gasteiger partial charge in [0.25, 0.3) is 0 Å². The molecular weight excluding hydrogens is 418 g/mol. The predicted molar refractivity (Wildman–Crippen MR) is 116 cm³/mol. The number of nitrogens with one attached hydrogen (secondary N) is 1. The van der Waals surface area contributed by atoms with Crippen LogP contribution in [0.4, 0.5) is 0 Å². The molecule has 0 atom stereocenters. The van der Waals surface area contributed by atoms with E-state index in [2.05, 4.69) is 51.9 Å². The Morgan fingerprint density at radius 1 is 1.14 bits per heavy atom. The van der Waals surface area contributed by atoms with Crippen molar-refractivity contribution in [2.75, 3.05) is 13.2 Å². The summed E-state index contributed by atoms with van der Waals surface area (Å²) in [6.07, 6.45) is 1.79. The van der Waals surface area contributed by atoms with Crippen LogP contribution >= 0.6 is 15.9 Å². The molecule has 6 heteroatoms. The molecule has 3 aromatic rings. The van der Waals surface area contributed by atoms with Gasteiger partial charge in [-0.2, -0.15) is 5.26 Å². The van der Waals surface area contributed by atoms with Gasteiger partial charge in [0.1, 0.15) is 11.9 Å². The van der Waals surface area contributed by atoms with Crippen molar-refractivity contribution >= 4 is 38.6 Å². The Morgan fingerprint density at radius 3 is 2.54 bits per heavy atom. The standard InChI is InChI=1S/C22H22BrN3O2/c1-5-27-20-11-15(10-17(23)21(20)28-6-2)9-16(12-24)22-25-18-7-13(3)14(4)8-19(18)26-22/h7-11H,5-6H2,1-4H3,(H,25,26)/b16-9+. The van der Waals surface area contributed by atoms with Crippen molar-refractivity contribution in [2.24, 2.45) is 0 Å². The van der Waals surface area contributed by atoms with Crippen LogP contribution in [-0.2, 0) is 0 Å². The largest absolute Gasteiger partial charge is 0.490 e. The molecule has 0 aliphatic carbocycles. The van der Waals surface area contributed by atoms with Gasteiger partial charge in [0.05, 0.1) is 34.3 Å². The zero-order valence-electron chi connectivity index (χ0n) is 16.4. The van der Waals surface area contributed by atoms with Crippen LogP contribution < -0.4 is 9.47 Å². The van der Waals surface area contributed by atoms with Crippen molar-refractivity contribution < 1.29 is 9.47 Å². The number of imidazole rings is 1. The number of nitrogens with zero attached hydrogens (tertiary/aromatic N) is 2. The van der Waals surface area contributed by atoms with Gasteiger partial charge in [-0.15, -0.1) is 0 Å². The summed E-state index contributed by atoms with van der Waals surface area (Å²) in [6.45, 7) is 9.02. The Hall–Kier alpha value is -2.78. The number of benzene rings is 2. The summed E-state index contributed by atoms with van der Waals surface area (Å²) in [7, 11) is 0. The zero-order chi connectivity index (χ0) is 20.3. The number of hydrogen-bond donors (Lipinski definition) is 1. The average Bonchev–Trinajstić information content (AvgIpc) is 3.05. The van der Waals surface area contributed by atoms with Crippen LogP contribution in [0.1, 0.15) is 36.4 Å². The predicted octanol–water partition coefficient (Wildman–Crippen LogP) is 5.80. The van der Waals surface area contributed by atoms with E-state index >= 15 is 0 Å². The fourth-order valence-electron chi connectivity index (χ4n) is 2.94. The highest BCUT2D eigenvalue weighted by Gasteiger charge is 2.13. The number of fused-ring (bicyclic) bond motifs is 1. The molecule has 1 aromatic heterocycles. The lowest BCUT2D eigenvalue weighted by Gasteiger charge is -2.13. The van der Waals surface area contributed by atoms with E-state index in [4.69, 9.17) is 9.47 Å². The van der Waals surface area contributed by atoms with Crippen LogP contribution in [0.3, 0.4) is 0 Å². The molecule has 5 nitrogen and oxygen atoms in total. The minimum absolute atomic E-state index is 0.449. The smallest absolute Gasteiger partial charge is 0.175 e. The Balaban J connectivity index is 2.06. The monoisotopic (exact) mass is 439 g/mol. The maximum atomic E-state index is 9.71. The van der Waals surface area contributed by atoms with E-state index in [0.717, 1.165) is 21.1 Å². The molecule has 3 rings (SSSR count). The molecule has 1 N–H and O–H groups in total. The minimum atomic E-state index is 0.449. The second kappa shape index (κ2) is 8.49. The van der Waals surface area contributed by atoms with Crippen LogP contribution in [0.2, 0.25) is 0 Å². The number of aromatic amines is 1. The molecule has 0 aliphatic rings. The van der Waals surface area contributed by atoms with Gasteiger partial charge in [0.2, 0.25) is 0 Å². The van der Waals surface area contributed by atoms with Crippen LogP contribution in [0, 0.1) is 25.2 Å². The number of rotatable bonds is 6. The summed E-state index contributed by atoms with van der Waals surface area (Å²) in [5.41, 5.74) is 5.39. The molecule has 1 heterocycles. The highest BCUT2D eigenvalue weighted by atomic mass is 79.9. The van der Waals surface area contributed by atoms with Gasteiger partial charge in [0.15, 0.2) is 11.5 Å². The molecule has 2 aromatic carbocycles. The first-order valence-corrected chi connectivity index (χ1v) is 9.94. The third kappa shape index (κ3) is 4.05. The number of aromatic nitrogens is 2. The molecule has 0 saturated carbocycles. The van der Waals surface area contributed by atoms with Crippen LogP contribution in [0.15, 0.2) is 28.7 Å². The number of aryl methyl sites for hydroxylation is 2. The average molecular weight is 440 g/mol. The maximum Gasteiger partial charge on any atom is 0.175 e. The topological polar surface area (TPSA) is 70.9 Å². The first-order chi connectivity index (χ1) is 13.5. The Kier molecular flexibility index (Phi) is 6.05. The highest BCUT2D eigenvalue weighted by molar-refractivity contribution is 9.10. The van der Waals surface area contributed by atoms with E-state index in [-0.39, 0.29) is 0 Å². The van der Waals surface area contributed by atoms with E-state index in [0.29, 0.717) is 36.1 Å². The lowest BCUT2D eigenvalue weighted by molar-refractivity contribution is 0.286. The lowest BCUT2D eigenvalue weighted by Crippen LogP contribution is -1.99. The van der Waals surface area contributed by atoms with Gasteiger partial charge in [-0.3, -0.25) is 0 Å². The van der Waals surface area contributed by atoms with E-state index in [1.165, 1.54) is 11.1 Å². The molecule has 0 fully saturated rings. The highest BCUT2D eigenvalue weighted by Crippen LogP contribution is 2.38. The molecule has 0 saturated heterocycles. The van der Waals surface area contributed by atoms with Gasteiger partial charge >= 0.3 is 0 Å². The second-order valence-electron chi connectivity index (χ2n) is 6.40. The second-order valence-corrected chi connectivity index (χ2v) is 7.26. The van der Waals surface area contributed by atoms with Gasteiger partial charge in [-0.1, -0.05) is 0 Å². The normalized spacial score (nSPS) is 11.5. The molecule has 0 spiro atoms. The summed E-state index contributed by atoms with van der Waals surface area (Å²) in [5, 5.41) is 9.71. The summed E-state index contributed by atoms with van der Waals surface area (Å²) in [5.74, 6) is 1.85. The molecule has 0 unspecified atom stereocenters. The van der Waals surface area contributed by atoms with Gasteiger partial charge in [0, 0.05) is 0 Å². The van der Waals surface area contributed by atoms with Gasteiger partial charge in [-0.25, -0.2) is 4.98 Å². The first kappa shape index (κ1) is 20.0. The minimum Gasteiger partial charge on any atom is -0.490 e. The summed E-state index contributed by atoms with van der Waals surface area (Å²) >= 11 is 3.54. The molecule has 0 radical (unpaired) electrons. The van der Waals surface area contributed by atoms with Gasteiger partial charge in [-0.05, 0) is 90.7 Å². The SMILES string of the molecule is CCOc1cc(/C=C(\C#N)c2nc3cc(C)c(C)cc3[nH]2)cc(Br)c1OCC. The number of nitriles is 1. The molecule has 0 aliphatic heterocycles. The Bertz CT molecular complexity index is 1050. The Labute approximate surface area is 173 Å². The van der Waals surface area contributed by atoms with Crippen LogP contribution in [0.5, 0.6) is 11.5 Å². The fourth-order valence-corrected chi connectivity index (χ4v) is 3.51. The van der Waals surface area contributed by atoms with E-state index in [9.17, 15) is 5.26 Å².